The van der Waals surface area contributed by atoms with E-state index in [4.69, 9.17) is 0 Å². The van der Waals surface area contributed by atoms with E-state index in [-0.39, 0.29) is 0 Å². The topological polar surface area (TPSA) is 42.7 Å². The van der Waals surface area contributed by atoms with Gasteiger partial charge < -0.3 is 9.88 Å². The van der Waals surface area contributed by atoms with Crippen molar-refractivity contribution in [2.75, 3.05) is 0 Å². The van der Waals surface area contributed by atoms with Crippen LogP contribution in [0.3, 0.4) is 0 Å². The summed E-state index contributed by atoms with van der Waals surface area (Å²) in [7, 11) is 2.01. The first-order chi connectivity index (χ1) is 7.69. The van der Waals surface area contributed by atoms with Gasteiger partial charge in [0.25, 0.3) is 0 Å². The van der Waals surface area contributed by atoms with Gasteiger partial charge in [0, 0.05) is 13.1 Å². The van der Waals surface area contributed by atoms with E-state index in [0.717, 1.165) is 18.2 Å². The van der Waals surface area contributed by atoms with Crippen LogP contribution >= 0.6 is 0 Å². The van der Waals surface area contributed by atoms with Crippen LogP contribution in [-0.2, 0) is 13.6 Å². The highest BCUT2D eigenvalue weighted by Gasteiger charge is 2.09. The highest BCUT2D eigenvalue weighted by atomic mass is 15.3. The van der Waals surface area contributed by atoms with Gasteiger partial charge in [0.15, 0.2) is 0 Å². The van der Waals surface area contributed by atoms with Gasteiger partial charge >= 0.3 is 0 Å². The Balaban J connectivity index is 2.45. The minimum Gasteiger partial charge on any atom is -0.317 e. The Morgan fingerprint density at radius 1 is 1.19 bits per heavy atom. The van der Waals surface area contributed by atoms with Gasteiger partial charge in [-0.1, -0.05) is 26.7 Å². The average Bonchev–Trinajstić information content (AvgIpc) is 2.58. The van der Waals surface area contributed by atoms with Crippen LogP contribution in [-0.4, -0.2) is 20.8 Å². The Labute approximate surface area is 98.5 Å². The molecule has 1 rings (SSSR count). The lowest BCUT2D eigenvalue weighted by Crippen LogP contribution is -2.29. The minimum atomic E-state index is 0.618. The molecular formula is C12H24N4. The molecule has 0 saturated heterocycles. The van der Waals surface area contributed by atoms with Crippen molar-refractivity contribution >= 4 is 0 Å². The summed E-state index contributed by atoms with van der Waals surface area (Å²) in [5.74, 6) is 1.99. The third-order valence-corrected chi connectivity index (χ3v) is 3.01. The van der Waals surface area contributed by atoms with Crippen LogP contribution in [0, 0.1) is 6.92 Å². The molecule has 1 heterocycles. The van der Waals surface area contributed by atoms with Gasteiger partial charge in [-0.3, -0.25) is 0 Å². The summed E-state index contributed by atoms with van der Waals surface area (Å²) in [6.45, 7) is 7.27. The van der Waals surface area contributed by atoms with Crippen LogP contribution in [0.5, 0.6) is 0 Å². The molecular weight excluding hydrogens is 200 g/mol. The molecule has 92 valence electrons. The molecule has 4 nitrogen and oxygen atoms in total. The Bertz CT molecular complexity index is 300. The van der Waals surface area contributed by atoms with Crippen molar-refractivity contribution in [2.45, 2.75) is 59.0 Å². The smallest absolute Gasteiger partial charge is 0.146 e. The van der Waals surface area contributed by atoms with E-state index in [1.165, 1.54) is 25.7 Å². The first-order valence-electron chi connectivity index (χ1n) is 6.27. The number of rotatable bonds is 7. The van der Waals surface area contributed by atoms with E-state index in [1.54, 1.807) is 0 Å². The second-order valence-electron chi connectivity index (χ2n) is 4.38. The molecule has 0 radical (unpaired) electrons. The molecule has 0 aromatic carbocycles. The van der Waals surface area contributed by atoms with Crippen molar-refractivity contribution in [1.29, 1.82) is 0 Å². The van der Waals surface area contributed by atoms with Gasteiger partial charge in [-0.05, 0) is 19.8 Å². The highest BCUT2D eigenvalue weighted by molar-refractivity contribution is 4.92. The molecule has 0 spiro atoms. The molecule has 16 heavy (non-hydrogen) atoms. The lowest BCUT2D eigenvalue weighted by Gasteiger charge is -2.16. The van der Waals surface area contributed by atoms with Crippen molar-refractivity contribution < 1.29 is 0 Å². The molecule has 0 saturated carbocycles. The molecule has 0 amide bonds. The number of hydrogen-bond donors (Lipinski definition) is 1. The predicted octanol–water partition coefficient (Wildman–Crippen LogP) is 2.18. The summed E-state index contributed by atoms with van der Waals surface area (Å²) in [6, 6.07) is 0.618. The highest BCUT2D eigenvalue weighted by Crippen LogP contribution is 2.06. The number of aromatic nitrogens is 3. The summed E-state index contributed by atoms with van der Waals surface area (Å²) >= 11 is 0. The van der Waals surface area contributed by atoms with Crippen molar-refractivity contribution in [3.05, 3.63) is 11.6 Å². The number of nitrogens with one attached hydrogen (secondary N) is 1. The zero-order chi connectivity index (χ0) is 12.0. The Kier molecular flexibility index (Phi) is 5.46. The summed E-state index contributed by atoms with van der Waals surface area (Å²) in [4.78, 5) is 0. The fourth-order valence-corrected chi connectivity index (χ4v) is 1.89. The largest absolute Gasteiger partial charge is 0.317 e. The van der Waals surface area contributed by atoms with Crippen LogP contribution < -0.4 is 5.32 Å². The average molecular weight is 224 g/mol. The van der Waals surface area contributed by atoms with Gasteiger partial charge in [0.1, 0.15) is 11.6 Å². The maximum absolute atomic E-state index is 4.16. The SMILES string of the molecule is CCCC(CCC)NCc1nnc(C)n1C. The number of aryl methyl sites for hydroxylation is 1. The van der Waals surface area contributed by atoms with Gasteiger partial charge in [-0.25, -0.2) is 0 Å². The third kappa shape index (κ3) is 3.59. The lowest BCUT2D eigenvalue weighted by atomic mass is 10.1. The van der Waals surface area contributed by atoms with Crippen molar-refractivity contribution in [3.63, 3.8) is 0 Å². The molecule has 0 atom stereocenters. The summed E-state index contributed by atoms with van der Waals surface area (Å²) in [6.07, 6.45) is 4.94. The lowest BCUT2D eigenvalue weighted by molar-refractivity contribution is 0.434. The van der Waals surface area contributed by atoms with Crippen LogP contribution in [0.1, 0.15) is 51.2 Å². The maximum atomic E-state index is 4.16. The fourth-order valence-electron chi connectivity index (χ4n) is 1.89. The normalized spacial score (nSPS) is 11.3. The monoisotopic (exact) mass is 224 g/mol. The van der Waals surface area contributed by atoms with Gasteiger partial charge in [0.05, 0.1) is 6.54 Å². The standard InChI is InChI=1S/C12H24N4/c1-5-7-11(8-6-2)13-9-12-15-14-10(3)16(12)4/h11,13H,5-9H2,1-4H3. The quantitative estimate of drug-likeness (QED) is 0.772. The van der Waals surface area contributed by atoms with Gasteiger partial charge in [-0.2, -0.15) is 0 Å². The van der Waals surface area contributed by atoms with E-state index in [1.807, 2.05) is 18.5 Å². The first-order valence-corrected chi connectivity index (χ1v) is 6.27. The molecule has 1 aromatic rings. The summed E-state index contributed by atoms with van der Waals surface area (Å²) < 4.78 is 2.04. The number of nitrogens with zero attached hydrogens (tertiary/aromatic N) is 3. The molecule has 0 aliphatic heterocycles. The van der Waals surface area contributed by atoms with Crippen LogP contribution in [0.15, 0.2) is 0 Å². The minimum absolute atomic E-state index is 0.618. The first kappa shape index (κ1) is 13.2. The third-order valence-electron chi connectivity index (χ3n) is 3.01. The Morgan fingerprint density at radius 2 is 1.81 bits per heavy atom. The van der Waals surface area contributed by atoms with Gasteiger partial charge in [0.2, 0.25) is 0 Å². The van der Waals surface area contributed by atoms with Crippen molar-refractivity contribution in [1.82, 2.24) is 20.1 Å². The summed E-state index contributed by atoms with van der Waals surface area (Å²) in [5, 5.41) is 11.8. The molecule has 0 unspecified atom stereocenters. The Hall–Kier alpha value is -0.900. The second-order valence-corrected chi connectivity index (χ2v) is 4.38. The molecule has 0 aliphatic carbocycles. The zero-order valence-electron chi connectivity index (χ0n) is 11.0. The second kappa shape index (κ2) is 6.63. The predicted molar refractivity (Wildman–Crippen MR) is 66.2 cm³/mol. The molecule has 1 aromatic heterocycles. The van der Waals surface area contributed by atoms with Crippen LogP contribution in [0.25, 0.3) is 0 Å². The number of hydrogen-bond acceptors (Lipinski definition) is 3. The molecule has 0 aliphatic rings. The fraction of sp³-hybridized carbons (Fsp3) is 0.833. The van der Waals surface area contributed by atoms with E-state index in [9.17, 15) is 0 Å². The van der Waals surface area contributed by atoms with Gasteiger partial charge in [-0.15, -0.1) is 10.2 Å². The van der Waals surface area contributed by atoms with Crippen LogP contribution in [0.4, 0.5) is 0 Å². The van der Waals surface area contributed by atoms with Crippen molar-refractivity contribution in [3.8, 4) is 0 Å². The molecule has 4 heteroatoms. The summed E-state index contributed by atoms with van der Waals surface area (Å²) in [5.41, 5.74) is 0. The molecule has 0 bridgehead atoms. The van der Waals surface area contributed by atoms with E-state index in [0.29, 0.717) is 6.04 Å². The maximum Gasteiger partial charge on any atom is 0.146 e. The zero-order valence-corrected chi connectivity index (χ0v) is 11.0. The van der Waals surface area contributed by atoms with E-state index < -0.39 is 0 Å². The molecule has 1 N–H and O–H groups in total. The van der Waals surface area contributed by atoms with E-state index in [2.05, 4.69) is 29.4 Å². The van der Waals surface area contributed by atoms with Crippen LogP contribution in [0.2, 0.25) is 0 Å². The van der Waals surface area contributed by atoms with E-state index >= 15 is 0 Å². The Morgan fingerprint density at radius 3 is 2.25 bits per heavy atom. The molecule has 0 fully saturated rings. The van der Waals surface area contributed by atoms with Crippen molar-refractivity contribution in [2.24, 2.45) is 7.05 Å².